The normalized spacial score (nSPS) is 14.1. The van der Waals surface area contributed by atoms with Crippen molar-refractivity contribution in [2.75, 3.05) is 31.1 Å². The fraction of sp³-hybridized carbons (Fsp3) is 0.269. The first-order chi connectivity index (χ1) is 16.2. The van der Waals surface area contributed by atoms with Gasteiger partial charge in [0.1, 0.15) is 11.5 Å². The molecule has 3 heterocycles. The molecule has 0 bridgehead atoms. The van der Waals surface area contributed by atoms with Gasteiger partial charge in [-0.05, 0) is 36.8 Å². The van der Waals surface area contributed by atoms with E-state index in [9.17, 15) is 4.79 Å². The predicted octanol–water partition coefficient (Wildman–Crippen LogP) is 4.88. The van der Waals surface area contributed by atoms with Crippen molar-refractivity contribution in [3.05, 3.63) is 77.9 Å². The van der Waals surface area contributed by atoms with Gasteiger partial charge in [0.25, 0.3) is 0 Å². The molecule has 2 aromatic carbocycles. The van der Waals surface area contributed by atoms with Crippen LogP contribution in [0.2, 0.25) is 5.02 Å². The number of rotatable bonds is 6. The number of benzene rings is 2. The van der Waals surface area contributed by atoms with Crippen molar-refractivity contribution in [3.63, 3.8) is 0 Å². The van der Waals surface area contributed by atoms with Crippen molar-refractivity contribution in [3.8, 4) is 11.3 Å². The van der Waals surface area contributed by atoms with E-state index in [0.29, 0.717) is 18.0 Å². The number of aromatic nitrogens is 3. The average Bonchev–Trinajstić information content (AvgIpc) is 3.22. The molecule has 0 spiro atoms. The Bertz CT molecular complexity index is 1230. The van der Waals surface area contributed by atoms with Crippen LogP contribution in [0.3, 0.4) is 0 Å². The van der Waals surface area contributed by atoms with Gasteiger partial charge in [-0.2, -0.15) is 5.10 Å². The van der Waals surface area contributed by atoms with Crippen LogP contribution in [-0.4, -0.2) is 51.8 Å². The Morgan fingerprint density at radius 2 is 1.73 bits per heavy atom. The summed E-state index contributed by atoms with van der Waals surface area (Å²) in [6.45, 7) is 3.78. The molecule has 6 nitrogen and oxygen atoms in total. The molecule has 0 atom stereocenters. The quantitative estimate of drug-likeness (QED) is 0.412. The van der Waals surface area contributed by atoms with Crippen LogP contribution in [0.1, 0.15) is 12.8 Å². The maximum atomic E-state index is 12.8. The summed E-state index contributed by atoms with van der Waals surface area (Å²) in [5, 5.41) is 6.60. The first-order valence-electron chi connectivity index (χ1n) is 11.3. The first-order valence-corrected chi connectivity index (χ1v) is 11.7. The van der Waals surface area contributed by atoms with Gasteiger partial charge in [0.05, 0.1) is 5.52 Å². The summed E-state index contributed by atoms with van der Waals surface area (Å²) < 4.78 is 2.00. The van der Waals surface area contributed by atoms with Crippen LogP contribution in [0.25, 0.3) is 22.2 Å². The Hall–Kier alpha value is -3.38. The highest BCUT2D eigenvalue weighted by atomic mass is 35.5. The maximum absolute atomic E-state index is 12.8. The molecule has 1 aliphatic rings. The summed E-state index contributed by atoms with van der Waals surface area (Å²) in [5.74, 6) is 1.18. The third kappa shape index (κ3) is 4.71. The monoisotopic (exact) mass is 459 g/mol. The summed E-state index contributed by atoms with van der Waals surface area (Å²) in [6.07, 6.45) is 3.06. The molecule has 0 saturated carbocycles. The Morgan fingerprint density at radius 1 is 0.939 bits per heavy atom. The van der Waals surface area contributed by atoms with Crippen LogP contribution in [-0.2, 0) is 11.3 Å². The van der Waals surface area contributed by atoms with Crippen molar-refractivity contribution in [1.29, 1.82) is 0 Å². The number of amides is 1. The minimum absolute atomic E-state index is 0.207. The van der Waals surface area contributed by atoms with Gasteiger partial charge in [0.15, 0.2) is 0 Å². The van der Waals surface area contributed by atoms with Crippen molar-refractivity contribution >= 4 is 34.2 Å². The van der Waals surface area contributed by atoms with Crippen molar-refractivity contribution < 1.29 is 4.79 Å². The molecule has 168 valence electrons. The molecule has 1 fully saturated rings. The highest BCUT2D eigenvalue weighted by Gasteiger charge is 2.21. The smallest absolute Gasteiger partial charge is 0.222 e. The summed E-state index contributed by atoms with van der Waals surface area (Å²) in [7, 11) is 0. The number of nitrogens with zero attached hydrogens (tertiary/aromatic N) is 5. The van der Waals surface area contributed by atoms with E-state index in [1.54, 1.807) is 0 Å². The second kappa shape index (κ2) is 9.63. The number of piperazine rings is 1. The van der Waals surface area contributed by atoms with Gasteiger partial charge in [-0.1, -0.05) is 48.0 Å². The molecule has 7 heteroatoms. The van der Waals surface area contributed by atoms with E-state index in [0.717, 1.165) is 60.6 Å². The lowest BCUT2D eigenvalue weighted by molar-refractivity contribution is -0.131. The first kappa shape index (κ1) is 21.5. The van der Waals surface area contributed by atoms with Crippen LogP contribution >= 0.6 is 11.6 Å². The standard InChI is InChI=1S/C26H26ClN5O/c27-21-11-12-23-22(19-21)26(20-7-2-1-3-8-20)29-32(23)14-6-10-25(33)31-17-15-30(16-18-31)24-9-4-5-13-28-24/h1-5,7-9,11-13,19H,6,10,14-18H2. The molecular formula is C26H26ClN5O. The highest BCUT2D eigenvalue weighted by molar-refractivity contribution is 6.31. The third-order valence-corrected chi connectivity index (χ3v) is 6.36. The van der Waals surface area contributed by atoms with Crippen LogP contribution in [0.15, 0.2) is 72.9 Å². The van der Waals surface area contributed by atoms with E-state index < -0.39 is 0 Å². The zero-order chi connectivity index (χ0) is 22.6. The maximum Gasteiger partial charge on any atom is 0.222 e. The second-order valence-corrected chi connectivity index (χ2v) is 8.70. The van der Waals surface area contributed by atoms with Gasteiger partial charge in [-0.15, -0.1) is 0 Å². The predicted molar refractivity (Wildman–Crippen MR) is 132 cm³/mol. The SMILES string of the molecule is O=C(CCCn1nc(-c2ccccc2)c2cc(Cl)ccc21)N1CCN(c2ccccn2)CC1. The van der Waals surface area contributed by atoms with Gasteiger partial charge in [-0.3, -0.25) is 9.48 Å². The Balaban J connectivity index is 1.22. The van der Waals surface area contributed by atoms with Crippen LogP contribution < -0.4 is 4.90 Å². The number of pyridine rings is 1. The number of aryl methyl sites for hydroxylation is 1. The fourth-order valence-corrected chi connectivity index (χ4v) is 4.57. The molecule has 1 amide bonds. The minimum Gasteiger partial charge on any atom is -0.353 e. The van der Waals surface area contributed by atoms with Gasteiger partial charge in [-0.25, -0.2) is 4.98 Å². The lowest BCUT2D eigenvalue weighted by Gasteiger charge is -2.35. The van der Waals surface area contributed by atoms with Gasteiger partial charge in [0.2, 0.25) is 5.91 Å². The number of fused-ring (bicyclic) bond motifs is 1. The number of hydrogen-bond donors (Lipinski definition) is 0. The molecule has 0 radical (unpaired) electrons. The largest absolute Gasteiger partial charge is 0.353 e. The summed E-state index contributed by atoms with van der Waals surface area (Å²) in [6, 6.07) is 21.9. The van der Waals surface area contributed by atoms with E-state index in [1.165, 1.54) is 0 Å². The zero-order valence-corrected chi connectivity index (χ0v) is 19.2. The molecule has 0 unspecified atom stereocenters. The number of hydrogen-bond acceptors (Lipinski definition) is 4. The molecule has 2 aromatic heterocycles. The van der Waals surface area contributed by atoms with Crippen molar-refractivity contribution in [2.45, 2.75) is 19.4 Å². The van der Waals surface area contributed by atoms with Gasteiger partial charge < -0.3 is 9.80 Å². The Morgan fingerprint density at radius 3 is 2.48 bits per heavy atom. The van der Waals surface area contributed by atoms with Crippen molar-refractivity contribution in [1.82, 2.24) is 19.7 Å². The summed E-state index contributed by atoms with van der Waals surface area (Å²) in [5.41, 5.74) is 3.02. The number of anilines is 1. The zero-order valence-electron chi connectivity index (χ0n) is 18.4. The van der Waals surface area contributed by atoms with Gasteiger partial charge in [0, 0.05) is 61.3 Å². The van der Waals surface area contributed by atoms with E-state index >= 15 is 0 Å². The molecule has 1 saturated heterocycles. The highest BCUT2D eigenvalue weighted by Crippen LogP contribution is 2.30. The summed E-state index contributed by atoms with van der Waals surface area (Å²) >= 11 is 6.27. The Kier molecular flexibility index (Phi) is 6.26. The lowest BCUT2D eigenvalue weighted by atomic mass is 10.1. The molecule has 1 aliphatic heterocycles. The molecule has 33 heavy (non-hydrogen) atoms. The van der Waals surface area contributed by atoms with E-state index in [2.05, 4.69) is 22.0 Å². The number of carbonyl (C=O) groups excluding carboxylic acids is 1. The van der Waals surface area contributed by atoms with Crippen LogP contribution in [0, 0.1) is 0 Å². The van der Waals surface area contributed by atoms with E-state index in [1.807, 2.05) is 70.4 Å². The van der Waals surface area contributed by atoms with E-state index in [-0.39, 0.29) is 5.91 Å². The molecule has 0 aliphatic carbocycles. The molecular weight excluding hydrogens is 434 g/mol. The second-order valence-electron chi connectivity index (χ2n) is 8.26. The lowest BCUT2D eigenvalue weighted by Crippen LogP contribution is -2.49. The van der Waals surface area contributed by atoms with Crippen LogP contribution in [0.5, 0.6) is 0 Å². The third-order valence-electron chi connectivity index (χ3n) is 6.13. The van der Waals surface area contributed by atoms with E-state index in [4.69, 9.17) is 16.7 Å². The number of carbonyl (C=O) groups is 1. The van der Waals surface area contributed by atoms with Crippen molar-refractivity contribution in [2.24, 2.45) is 0 Å². The molecule has 4 aromatic rings. The van der Waals surface area contributed by atoms with Gasteiger partial charge >= 0.3 is 0 Å². The topological polar surface area (TPSA) is 54.3 Å². The average molecular weight is 460 g/mol. The minimum atomic E-state index is 0.207. The molecule has 0 N–H and O–H groups in total. The molecule has 5 rings (SSSR count). The fourth-order valence-electron chi connectivity index (χ4n) is 4.40. The number of halogens is 1. The summed E-state index contributed by atoms with van der Waals surface area (Å²) in [4.78, 5) is 21.4. The Labute approximate surface area is 198 Å². The van der Waals surface area contributed by atoms with Crippen LogP contribution in [0.4, 0.5) is 5.82 Å².